The lowest BCUT2D eigenvalue weighted by atomic mass is 9.98. The molecule has 1 unspecified atom stereocenters. The van der Waals surface area contributed by atoms with Gasteiger partial charge < -0.3 is 0 Å². The van der Waals surface area contributed by atoms with Crippen LogP contribution in [-0.2, 0) is 11.2 Å². The maximum atomic E-state index is 13.3. The van der Waals surface area contributed by atoms with Gasteiger partial charge in [0.1, 0.15) is 17.4 Å². The predicted octanol–water partition coefficient (Wildman–Crippen LogP) is 2.88. The normalized spacial score (nSPS) is 20.9. The number of carbonyl (C=O) groups excluding carboxylic acids is 1. The Kier molecular flexibility index (Phi) is 2.80. The highest BCUT2D eigenvalue weighted by atomic mass is 19.1. The summed E-state index contributed by atoms with van der Waals surface area (Å²) in [6.45, 7) is 0. The Morgan fingerprint density at radius 1 is 1.33 bits per heavy atom. The SMILES string of the molecule is O=C1CCC(Cc2ccc(F)cc2F)C1. The van der Waals surface area contributed by atoms with Crippen molar-refractivity contribution in [2.45, 2.75) is 25.7 Å². The van der Waals surface area contributed by atoms with Crippen molar-refractivity contribution in [1.29, 1.82) is 0 Å². The van der Waals surface area contributed by atoms with Crippen molar-refractivity contribution in [2.75, 3.05) is 0 Å². The molecule has 0 amide bonds. The Hall–Kier alpha value is -1.25. The minimum Gasteiger partial charge on any atom is -0.300 e. The Morgan fingerprint density at radius 3 is 2.73 bits per heavy atom. The van der Waals surface area contributed by atoms with E-state index in [-0.39, 0.29) is 11.7 Å². The van der Waals surface area contributed by atoms with E-state index >= 15 is 0 Å². The number of hydrogen-bond donors (Lipinski definition) is 0. The number of carbonyl (C=O) groups is 1. The summed E-state index contributed by atoms with van der Waals surface area (Å²) in [5, 5.41) is 0. The first-order valence-corrected chi connectivity index (χ1v) is 5.11. The molecule has 0 N–H and O–H groups in total. The van der Waals surface area contributed by atoms with E-state index in [2.05, 4.69) is 0 Å². The van der Waals surface area contributed by atoms with Crippen LogP contribution in [0.15, 0.2) is 18.2 Å². The lowest BCUT2D eigenvalue weighted by molar-refractivity contribution is -0.117. The van der Waals surface area contributed by atoms with Crippen molar-refractivity contribution >= 4 is 5.78 Å². The van der Waals surface area contributed by atoms with Gasteiger partial charge in [-0.2, -0.15) is 0 Å². The van der Waals surface area contributed by atoms with Crippen LogP contribution in [0, 0.1) is 17.6 Å². The molecule has 1 atom stereocenters. The molecule has 1 nitrogen and oxygen atoms in total. The predicted molar refractivity (Wildman–Crippen MR) is 52.4 cm³/mol. The van der Waals surface area contributed by atoms with Crippen LogP contribution < -0.4 is 0 Å². The van der Waals surface area contributed by atoms with Crippen LogP contribution in [0.25, 0.3) is 0 Å². The standard InChI is InChI=1S/C12H12F2O/c13-10-3-2-9(12(14)7-10)5-8-1-4-11(15)6-8/h2-3,7-8H,1,4-6H2. The third-order valence-electron chi connectivity index (χ3n) is 2.87. The molecule has 3 heteroatoms. The number of halogens is 2. The average molecular weight is 210 g/mol. The number of rotatable bonds is 2. The number of Topliss-reactive ketones (excluding diaryl/α,β-unsaturated/α-hetero) is 1. The van der Waals surface area contributed by atoms with Crippen LogP contribution in [0.1, 0.15) is 24.8 Å². The topological polar surface area (TPSA) is 17.1 Å². The largest absolute Gasteiger partial charge is 0.300 e. The van der Waals surface area contributed by atoms with Crippen LogP contribution in [0.2, 0.25) is 0 Å². The molecule has 0 aromatic heterocycles. The minimum absolute atomic E-state index is 0.234. The molecular formula is C12H12F2O. The van der Waals surface area contributed by atoms with Gasteiger partial charge in [-0.05, 0) is 30.4 Å². The fourth-order valence-electron chi connectivity index (χ4n) is 2.06. The maximum Gasteiger partial charge on any atom is 0.133 e. The highest BCUT2D eigenvalue weighted by Gasteiger charge is 2.23. The van der Waals surface area contributed by atoms with Gasteiger partial charge in [0.25, 0.3) is 0 Å². The Morgan fingerprint density at radius 2 is 2.13 bits per heavy atom. The summed E-state index contributed by atoms with van der Waals surface area (Å²) in [6.07, 6.45) is 2.51. The van der Waals surface area contributed by atoms with Crippen molar-refractivity contribution in [3.63, 3.8) is 0 Å². The van der Waals surface area contributed by atoms with Gasteiger partial charge in [0.15, 0.2) is 0 Å². The van der Waals surface area contributed by atoms with Gasteiger partial charge in [-0.25, -0.2) is 8.78 Å². The number of hydrogen-bond acceptors (Lipinski definition) is 1. The first-order chi connectivity index (χ1) is 7.15. The fourth-order valence-corrected chi connectivity index (χ4v) is 2.06. The summed E-state index contributed by atoms with van der Waals surface area (Å²) in [7, 11) is 0. The molecular weight excluding hydrogens is 198 g/mol. The van der Waals surface area contributed by atoms with Gasteiger partial charge in [-0.3, -0.25) is 4.79 Å². The second kappa shape index (κ2) is 4.09. The lowest BCUT2D eigenvalue weighted by Gasteiger charge is -2.08. The number of ketones is 1. The van der Waals surface area contributed by atoms with Gasteiger partial charge in [0.05, 0.1) is 0 Å². The minimum atomic E-state index is -0.557. The molecule has 1 aromatic rings. The first kappa shape index (κ1) is 10.3. The molecule has 0 spiro atoms. The monoisotopic (exact) mass is 210 g/mol. The third-order valence-corrected chi connectivity index (χ3v) is 2.87. The second-order valence-corrected chi connectivity index (χ2v) is 4.09. The van der Waals surface area contributed by atoms with Gasteiger partial charge in [-0.15, -0.1) is 0 Å². The van der Waals surface area contributed by atoms with Gasteiger partial charge in [0, 0.05) is 18.9 Å². The summed E-state index contributed by atoms with van der Waals surface area (Å²) < 4.78 is 25.9. The summed E-state index contributed by atoms with van der Waals surface area (Å²) in [4.78, 5) is 11.0. The number of benzene rings is 1. The first-order valence-electron chi connectivity index (χ1n) is 5.11. The Balaban J connectivity index is 2.07. The van der Waals surface area contributed by atoms with Crippen molar-refractivity contribution < 1.29 is 13.6 Å². The molecule has 0 radical (unpaired) electrons. The highest BCUT2D eigenvalue weighted by Crippen LogP contribution is 2.26. The summed E-state index contributed by atoms with van der Waals surface area (Å²) in [5.74, 6) is -0.576. The average Bonchev–Trinajstić information content (AvgIpc) is 2.56. The maximum absolute atomic E-state index is 13.3. The van der Waals surface area contributed by atoms with E-state index in [0.29, 0.717) is 24.8 Å². The van der Waals surface area contributed by atoms with E-state index in [1.165, 1.54) is 12.1 Å². The van der Waals surface area contributed by atoms with E-state index in [1.807, 2.05) is 0 Å². The zero-order chi connectivity index (χ0) is 10.8. The van der Waals surface area contributed by atoms with Crippen LogP contribution >= 0.6 is 0 Å². The molecule has 1 aliphatic rings. The molecule has 80 valence electrons. The molecule has 1 saturated carbocycles. The molecule has 1 aromatic carbocycles. The molecule has 1 aliphatic carbocycles. The zero-order valence-electron chi connectivity index (χ0n) is 8.30. The van der Waals surface area contributed by atoms with E-state index in [4.69, 9.17) is 0 Å². The van der Waals surface area contributed by atoms with E-state index < -0.39 is 11.6 Å². The van der Waals surface area contributed by atoms with E-state index in [0.717, 1.165) is 12.5 Å². The van der Waals surface area contributed by atoms with Crippen LogP contribution in [0.4, 0.5) is 8.78 Å². The molecule has 2 rings (SSSR count). The molecule has 1 fully saturated rings. The van der Waals surface area contributed by atoms with Crippen molar-refractivity contribution in [3.8, 4) is 0 Å². The van der Waals surface area contributed by atoms with Crippen molar-refractivity contribution in [2.24, 2.45) is 5.92 Å². The second-order valence-electron chi connectivity index (χ2n) is 4.09. The van der Waals surface area contributed by atoms with Crippen LogP contribution in [0.3, 0.4) is 0 Å². The quantitative estimate of drug-likeness (QED) is 0.733. The third kappa shape index (κ3) is 2.41. The zero-order valence-corrected chi connectivity index (χ0v) is 8.30. The van der Waals surface area contributed by atoms with E-state index in [9.17, 15) is 13.6 Å². The molecule has 0 heterocycles. The van der Waals surface area contributed by atoms with Gasteiger partial charge >= 0.3 is 0 Å². The highest BCUT2D eigenvalue weighted by molar-refractivity contribution is 5.80. The molecule has 15 heavy (non-hydrogen) atoms. The fraction of sp³-hybridized carbons (Fsp3) is 0.417. The lowest BCUT2D eigenvalue weighted by Crippen LogP contribution is -2.02. The van der Waals surface area contributed by atoms with Crippen LogP contribution in [-0.4, -0.2) is 5.78 Å². The molecule has 0 aliphatic heterocycles. The van der Waals surface area contributed by atoms with E-state index in [1.54, 1.807) is 0 Å². The molecule has 0 bridgehead atoms. The summed E-state index contributed by atoms with van der Waals surface area (Å²) in [5.41, 5.74) is 0.510. The Labute approximate surface area is 87.1 Å². The van der Waals surface area contributed by atoms with Crippen molar-refractivity contribution in [1.82, 2.24) is 0 Å². The smallest absolute Gasteiger partial charge is 0.133 e. The van der Waals surface area contributed by atoms with Gasteiger partial charge in [-0.1, -0.05) is 6.07 Å². The Bertz CT molecular complexity index is 387. The summed E-state index contributed by atoms with van der Waals surface area (Å²) >= 11 is 0. The van der Waals surface area contributed by atoms with Crippen LogP contribution in [0.5, 0.6) is 0 Å². The molecule has 0 saturated heterocycles. The summed E-state index contributed by atoms with van der Waals surface area (Å²) in [6, 6.07) is 3.62. The van der Waals surface area contributed by atoms with Gasteiger partial charge in [0.2, 0.25) is 0 Å². The van der Waals surface area contributed by atoms with Crippen molar-refractivity contribution in [3.05, 3.63) is 35.4 Å².